The number of ether oxygens (including phenoxy) is 2. The van der Waals surface area contributed by atoms with Gasteiger partial charge in [0.25, 0.3) is 0 Å². The number of phenols is 1. The van der Waals surface area contributed by atoms with Crippen molar-refractivity contribution in [3.05, 3.63) is 69.3 Å². The number of carbonyl (C=O) groups is 2. The summed E-state index contributed by atoms with van der Waals surface area (Å²) in [4.78, 5) is 26.7. The molecular formula is C21H21BrN2O5. The number of amides is 2. The Morgan fingerprint density at radius 2 is 1.97 bits per heavy atom. The van der Waals surface area contributed by atoms with Crippen molar-refractivity contribution in [3.63, 3.8) is 0 Å². The van der Waals surface area contributed by atoms with Crippen molar-refractivity contribution in [1.82, 2.24) is 10.2 Å². The first-order valence-electron chi connectivity index (χ1n) is 8.86. The molecule has 1 aliphatic rings. The van der Waals surface area contributed by atoms with Crippen molar-refractivity contribution >= 4 is 27.9 Å². The van der Waals surface area contributed by atoms with Crippen molar-refractivity contribution < 1.29 is 24.2 Å². The SMILES string of the molecule is COc1cc([C@H]2NC(=O)N(C)C(C)=C2C(=O)OCc2ccccc2)cc(Br)c1O. The van der Waals surface area contributed by atoms with E-state index >= 15 is 0 Å². The molecule has 0 aromatic heterocycles. The summed E-state index contributed by atoms with van der Waals surface area (Å²) in [5.74, 6) is -0.381. The number of urea groups is 1. The molecule has 1 atom stereocenters. The Morgan fingerprint density at radius 1 is 1.28 bits per heavy atom. The van der Waals surface area contributed by atoms with E-state index in [-0.39, 0.29) is 24.1 Å². The van der Waals surface area contributed by atoms with Gasteiger partial charge in [-0.3, -0.25) is 0 Å². The van der Waals surface area contributed by atoms with Crippen LogP contribution in [-0.4, -0.2) is 36.2 Å². The Labute approximate surface area is 177 Å². The average Bonchev–Trinajstić information content (AvgIpc) is 2.72. The van der Waals surface area contributed by atoms with Crippen molar-refractivity contribution in [1.29, 1.82) is 0 Å². The Morgan fingerprint density at radius 3 is 2.62 bits per heavy atom. The minimum absolute atomic E-state index is 0.0654. The van der Waals surface area contributed by atoms with Crippen LogP contribution in [0.5, 0.6) is 11.5 Å². The molecule has 7 nitrogen and oxygen atoms in total. The number of allylic oxidation sites excluding steroid dienone is 1. The highest BCUT2D eigenvalue weighted by Crippen LogP contribution is 2.40. The summed E-state index contributed by atoms with van der Waals surface area (Å²) in [6.45, 7) is 1.81. The van der Waals surface area contributed by atoms with E-state index in [4.69, 9.17) is 9.47 Å². The molecule has 3 rings (SSSR count). The number of halogens is 1. The lowest BCUT2D eigenvalue weighted by atomic mass is 9.94. The molecule has 0 saturated heterocycles. The van der Waals surface area contributed by atoms with Gasteiger partial charge >= 0.3 is 12.0 Å². The molecule has 0 aliphatic carbocycles. The van der Waals surface area contributed by atoms with E-state index in [1.807, 2.05) is 30.3 Å². The van der Waals surface area contributed by atoms with E-state index in [9.17, 15) is 14.7 Å². The van der Waals surface area contributed by atoms with Gasteiger partial charge < -0.3 is 24.8 Å². The van der Waals surface area contributed by atoms with Crippen molar-refractivity contribution in [2.24, 2.45) is 0 Å². The zero-order valence-corrected chi connectivity index (χ0v) is 17.8. The highest BCUT2D eigenvalue weighted by atomic mass is 79.9. The number of esters is 1. The summed E-state index contributed by atoms with van der Waals surface area (Å²) in [7, 11) is 3.01. The van der Waals surface area contributed by atoms with Gasteiger partial charge in [-0.1, -0.05) is 30.3 Å². The van der Waals surface area contributed by atoms with E-state index in [1.54, 1.807) is 26.1 Å². The maximum Gasteiger partial charge on any atom is 0.338 e. The van der Waals surface area contributed by atoms with Crippen LogP contribution in [0.2, 0.25) is 0 Å². The standard InChI is InChI=1S/C21H21BrN2O5/c1-12-17(20(26)29-11-13-7-5-4-6-8-13)18(23-21(27)24(12)2)14-9-15(22)19(25)16(10-14)28-3/h4-10,18,25H,11H2,1-3H3,(H,23,27)/t18-/m1/s1. The average molecular weight is 461 g/mol. The second kappa shape index (κ2) is 8.57. The number of hydrogen-bond donors (Lipinski definition) is 2. The number of aromatic hydroxyl groups is 1. The Hall–Kier alpha value is -3.00. The van der Waals surface area contributed by atoms with Crippen LogP contribution in [-0.2, 0) is 16.1 Å². The lowest BCUT2D eigenvalue weighted by molar-refractivity contribution is -0.141. The van der Waals surface area contributed by atoms with Crippen molar-refractivity contribution in [2.75, 3.05) is 14.2 Å². The van der Waals surface area contributed by atoms with Crippen LogP contribution in [0.25, 0.3) is 0 Å². The van der Waals surface area contributed by atoms with Crippen LogP contribution in [0.15, 0.2) is 58.2 Å². The van der Waals surface area contributed by atoms with Crippen LogP contribution in [0.3, 0.4) is 0 Å². The molecule has 2 N–H and O–H groups in total. The molecule has 8 heteroatoms. The number of nitrogens with one attached hydrogen (secondary N) is 1. The van der Waals surface area contributed by atoms with E-state index in [2.05, 4.69) is 21.2 Å². The van der Waals surface area contributed by atoms with Gasteiger partial charge in [0.1, 0.15) is 6.61 Å². The minimum atomic E-state index is -0.757. The van der Waals surface area contributed by atoms with Crippen molar-refractivity contribution in [3.8, 4) is 11.5 Å². The van der Waals surface area contributed by atoms with E-state index in [1.165, 1.54) is 12.0 Å². The smallest absolute Gasteiger partial charge is 0.338 e. The van der Waals surface area contributed by atoms with Crippen LogP contribution in [0, 0.1) is 0 Å². The summed E-state index contributed by atoms with van der Waals surface area (Å²) < 4.78 is 11.1. The largest absolute Gasteiger partial charge is 0.503 e. The number of rotatable bonds is 5. The Bertz CT molecular complexity index is 975. The fourth-order valence-electron chi connectivity index (χ4n) is 3.07. The molecule has 2 aromatic rings. The van der Waals surface area contributed by atoms with Crippen LogP contribution < -0.4 is 10.1 Å². The molecule has 0 spiro atoms. The number of methoxy groups -OCH3 is 1. The van der Waals surface area contributed by atoms with Gasteiger partial charge in [-0.05, 0) is 46.1 Å². The molecule has 152 valence electrons. The van der Waals surface area contributed by atoms with Crippen molar-refractivity contribution in [2.45, 2.75) is 19.6 Å². The van der Waals surface area contributed by atoms with Crippen LogP contribution in [0.4, 0.5) is 4.79 Å². The number of phenolic OH excluding ortho intramolecular Hbond substituents is 1. The normalized spacial score (nSPS) is 16.5. The first kappa shape index (κ1) is 20.7. The summed E-state index contributed by atoms with van der Waals surface area (Å²) in [6.07, 6.45) is 0. The van der Waals surface area contributed by atoms with Gasteiger partial charge in [-0.25, -0.2) is 9.59 Å². The molecule has 29 heavy (non-hydrogen) atoms. The molecule has 0 fully saturated rings. The number of benzene rings is 2. The number of nitrogens with zero attached hydrogens (tertiary/aromatic N) is 1. The highest BCUT2D eigenvalue weighted by molar-refractivity contribution is 9.10. The lowest BCUT2D eigenvalue weighted by Gasteiger charge is -2.33. The van der Waals surface area contributed by atoms with Gasteiger partial charge in [0.2, 0.25) is 0 Å². The van der Waals surface area contributed by atoms with Gasteiger partial charge in [0.05, 0.1) is 23.2 Å². The van der Waals surface area contributed by atoms with Gasteiger partial charge in [0.15, 0.2) is 11.5 Å². The third-order valence-corrected chi connectivity index (χ3v) is 5.40. The molecule has 2 aromatic carbocycles. The summed E-state index contributed by atoms with van der Waals surface area (Å²) in [5, 5.41) is 12.9. The summed E-state index contributed by atoms with van der Waals surface area (Å²) in [6, 6.07) is 11.4. The van der Waals surface area contributed by atoms with E-state index < -0.39 is 12.0 Å². The summed E-state index contributed by atoms with van der Waals surface area (Å²) in [5.41, 5.74) is 2.22. The molecule has 1 heterocycles. The summed E-state index contributed by atoms with van der Waals surface area (Å²) >= 11 is 3.28. The predicted molar refractivity (Wildman–Crippen MR) is 110 cm³/mol. The second-order valence-electron chi connectivity index (χ2n) is 6.56. The molecule has 0 unspecified atom stereocenters. The molecule has 0 saturated carbocycles. The van der Waals surface area contributed by atoms with Crippen LogP contribution >= 0.6 is 15.9 Å². The quantitative estimate of drug-likeness (QED) is 0.660. The Kier molecular flexibility index (Phi) is 6.12. The topological polar surface area (TPSA) is 88.1 Å². The molecule has 2 amide bonds. The molecule has 0 radical (unpaired) electrons. The minimum Gasteiger partial charge on any atom is -0.503 e. The van der Waals surface area contributed by atoms with Gasteiger partial charge in [0, 0.05) is 12.7 Å². The first-order chi connectivity index (χ1) is 13.8. The highest BCUT2D eigenvalue weighted by Gasteiger charge is 2.35. The van der Waals surface area contributed by atoms with Gasteiger partial charge in [-0.2, -0.15) is 0 Å². The maximum absolute atomic E-state index is 13.0. The fourth-order valence-corrected chi connectivity index (χ4v) is 3.53. The lowest BCUT2D eigenvalue weighted by Crippen LogP contribution is -2.46. The zero-order chi connectivity index (χ0) is 21.1. The Balaban J connectivity index is 1.97. The third-order valence-electron chi connectivity index (χ3n) is 4.79. The molecule has 1 aliphatic heterocycles. The van der Waals surface area contributed by atoms with E-state index in [0.29, 0.717) is 21.3 Å². The molecular weight excluding hydrogens is 440 g/mol. The second-order valence-corrected chi connectivity index (χ2v) is 7.41. The maximum atomic E-state index is 13.0. The van der Waals surface area contributed by atoms with Gasteiger partial charge in [-0.15, -0.1) is 0 Å². The monoisotopic (exact) mass is 460 g/mol. The van der Waals surface area contributed by atoms with Crippen LogP contribution in [0.1, 0.15) is 24.1 Å². The third kappa shape index (κ3) is 4.22. The number of hydrogen-bond acceptors (Lipinski definition) is 5. The first-order valence-corrected chi connectivity index (χ1v) is 9.65. The van der Waals surface area contributed by atoms with E-state index in [0.717, 1.165) is 5.56 Å². The number of carbonyl (C=O) groups excluding carboxylic acids is 2. The zero-order valence-electron chi connectivity index (χ0n) is 16.2. The fraction of sp³-hybridized carbons (Fsp3) is 0.238. The molecule has 0 bridgehead atoms. The predicted octanol–water partition coefficient (Wildman–Crippen LogP) is 3.88.